The topological polar surface area (TPSA) is 235 Å². The molecule has 0 saturated heterocycles. The van der Waals surface area contributed by atoms with Crippen molar-refractivity contribution in [2.75, 3.05) is 5.32 Å². The molecule has 14 nitrogen and oxygen atoms in total. The third kappa shape index (κ3) is 8.27. The van der Waals surface area contributed by atoms with Crippen LogP contribution in [0.2, 0.25) is 0 Å². The zero-order chi connectivity index (χ0) is 26.5. The summed E-state index contributed by atoms with van der Waals surface area (Å²) in [7, 11) is -15.6. The average molecular weight is 615 g/mol. The number of nitrogens with one attached hydrogen (secondary N) is 1. The summed E-state index contributed by atoms with van der Waals surface area (Å²) in [5, 5.41) is 11.8. The van der Waals surface area contributed by atoms with E-state index in [9.17, 15) is 53.8 Å². The van der Waals surface area contributed by atoms with E-state index in [-0.39, 0.29) is 99.8 Å². The third-order valence-electron chi connectivity index (χ3n) is 4.78. The summed E-state index contributed by atoms with van der Waals surface area (Å²) >= 11 is 0. The number of nitrogens with zero attached hydrogens (tertiary/aromatic N) is 1. The summed E-state index contributed by atoms with van der Waals surface area (Å²) in [4.78, 5) is 19.8. The van der Waals surface area contributed by atoms with Gasteiger partial charge < -0.3 is 5.32 Å². The maximum atomic E-state index is 12.8. The number of benzene rings is 3. The van der Waals surface area contributed by atoms with Crippen LogP contribution in [0.1, 0.15) is 15.9 Å². The van der Waals surface area contributed by atoms with Gasteiger partial charge in [-0.15, -0.1) is 0 Å². The fraction of sp³-hybridized carbons (Fsp3) is 0.0556. The third-order valence-corrected chi connectivity index (χ3v) is 7.40. The van der Waals surface area contributed by atoms with E-state index in [1.54, 1.807) is 0 Å². The molecule has 20 heteroatoms. The maximum absolute atomic E-state index is 12.8. The standard InChI is InChI=1S/C18H14N2O12S3.3Na/c1-9-2-3-10(6-14(9)20(22)23)18(21)19-13-4-5-15(34(27,28)29)12-7-11(33(24,25)26)8-16(17(12)13)35(30,31)32;;;/h2-8H,1H3,(H,19,21)(H,24,25,26)(H,27,28,29)(H,30,31,32);;;. The van der Waals surface area contributed by atoms with Crippen LogP contribution in [0.3, 0.4) is 0 Å². The van der Waals surface area contributed by atoms with Crippen molar-refractivity contribution in [3.05, 3.63) is 63.7 Å². The van der Waals surface area contributed by atoms with E-state index in [1.165, 1.54) is 19.1 Å². The molecule has 1 amide bonds. The number of fused-ring (bicyclic) bond motifs is 1. The van der Waals surface area contributed by atoms with Crippen LogP contribution >= 0.6 is 0 Å². The first-order valence-corrected chi connectivity index (χ1v) is 13.3. The van der Waals surface area contributed by atoms with Gasteiger partial charge in [0.05, 0.1) is 15.5 Å². The second-order valence-corrected chi connectivity index (χ2v) is 11.3. The molecule has 0 aliphatic carbocycles. The number of rotatable bonds is 6. The van der Waals surface area contributed by atoms with Gasteiger partial charge in [0.1, 0.15) is 9.79 Å². The molecule has 0 heterocycles. The molecule has 0 atom stereocenters. The number of nitro benzene ring substituents is 1. The van der Waals surface area contributed by atoms with Crippen molar-refractivity contribution in [1.82, 2.24) is 0 Å². The van der Waals surface area contributed by atoms with Crippen molar-refractivity contribution in [2.24, 2.45) is 0 Å². The molecular formula is C18H14N2Na3O12S3. The molecule has 3 radical (unpaired) electrons. The summed E-state index contributed by atoms with van der Waals surface area (Å²) in [6.45, 7) is 1.42. The van der Waals surface area contributed by atoms with Gasteiger partial charge in [-0.2, -0.15) is 25.3 Å². The molecule has 0 bridgehead atoms. The van der Waals surface area contributed by atoms with Crippen molar-refractivity contribution < 1.29 is 48.6 Å². The second-order valence-electron chi connectivity index (χ2n) is 7.09. The number of nitro groups is 1. The molecule has 0 aromatic heterocycles. The van der Waals surface area contributed by atoms with E-state index >= 15 is 0 Å². The van der Waals surface area contributed by atoms with Gasteiger partial charge in [0.25, 0.3) is 41.9 Å². The second kappa shape index (κ2) is 13.5. The molecule has 38 heavy (non-hydrogen) atoms. The van der Waals surface area contributed by atoms with Crippen molar-refractivity contribution in [2.45, 2.75) is 21.6 Å². The van der Waals surface area contributed by atoms with E-state index in [4.69, 9.17) is 0 Å². The van der Waals surface area contributed by atoms with Gasteiger partial charge in [-0.25, -0.2) is 0 Å². The van der Waals surface area contributed by atoms with E-state index in [0.29, 0.717) is 18.2 Å². The Bertz CT molecular complexity index is 1760. The average Bonchev–Trinajstić information content (AvgIpc) is 2.70. The van der Waals surface area contributed by atoms with Gasteiger partial charge in [-0.3, -0.25) is 28.6 Å². The minimum absolute atomic E-state index is 0. The smallest absolute Gasteiger partial charge is 0.295 e. The SMILES string of the molecule is Cc1ccc(C(=O)Nc2ccc(S(=O)(=O)O)c3cc(S(=O)(=O)O)cc(S(=O)(=O)O)c23)cc1[N+](=O)[O-].[Na].[Na].[Na]. The molecule has 3 aromatic carbocycles. The normalized spacial score (nSPS) is 11.5. The Morgan fingerprint density at radius 2 is 1.37 bits per heavy atom. The Hall–Kier alpha value is -0.480. The minimum atomic E-state index is -5.31. The first-order valence-electron chi connectivity index (χ1n) is 9.01. The quantitative estimate of drug-likeness (QED) is 0.131. The minimum Gasteiger partial charge on any atom is -0.321 e. The summed E-state index contributed by atoms with van der Waals surface area (Å²) in [6.07, 6.45) is 0. The van der Waals surface area contributed by atoms with Gasteiger partial charge in [0.2, 0.25) is 0 Å². The Morgan fingerprint density at radius 1 is 0.816 bits per heavy atom. The van der Waals surface area contributed by atoms with Crippen LogP contribution in [0, 0.1) is 17.0 Å². The predicted octanol–water partition coefficient (Wildman–Crippen LogP) is 0.906. The fourth-order valence-electron chi connectivity index (χ4n) is 3.22. The van der Waals surface area contributed by atoms with Crippen LogP contribution < -0.4 is 5.32 Å². The first-order chi connectivity index (χ1) is 15.9. The first kappa shape index (κ1) is 37.5. The zero-order valence-electron chi connectivity index (χ0n) is 20.2. The molecule has 3 aromatic rings. The summed E-state index contributed by atoms with van der Waals surface area (Å²) in [6, 6.07) is 5.78. The van der Waals surface area contributed by atoms with Gasteiger partial charge in [0, 0.05) is 117 Å². The Morgan fingerprint density at radius 3 is 1.84 bits per heavy atom. The van der Waals surface area contributed by atoms with Gasteiger partial charge in [0.15, 0.2) is 0 Å². The number of hydrogen-bond donors (Lipinski definition) is 4. The van der Waals surface area contributed by atoms with E-state index in [2.05, 4.69) is 5.32 Å². The largest absolute Gasteiger partial charge is 0.321 e. The number of carbonyl (C=O) groups is 1. The van der Waals surface area contributed by atoms with Crippen molar-refractivity contribution in [3.8, 4) is 0 Å². The molecule has 4 N–H and O–H groups in total. The Kier molecular flexibility index (Phi) is 13.3. The molecule has 189 valence electrons. The summed E-state index contributed by atoms with van der Waals surface area (Å²) in [5.41, 5.74) is -0.894. The number of amides is 1. The molecule has 0 fully saturated rings. The number of hydrogen-bond acceptors (Lipinski definition) is 9. The van der Waals surface area contributed by atoms with Crippen LogP contribution in [0.4, 0.5) is 11.4 Å². The molecule has 3 rings (SSSR count). The van der Waals surface area contributed by atoms with Gasteiger partial charge in [-0.1, -0.05) is 6.07 Å². The van der Waals surface area contributed by atoms with Gasteiger partial charge in [-0.05, 0) is 37.3 Å². The van der Waals surface area contributed by atoms with Crippen LogP contribution in [0.15, 0.2) is 57.2 Å². The van der Waals surface area contributed by atoms with Crippen molar-refractivity contribution in [1.29, 1.82) is 0 Å². The van der Waals surface area contributed by atoms with Crippen LogP contribution in [-0.4, -0.2) is 138 Å². The van der Waals surface area contributed by atoms with E-state index in [0.717, 1.165) is 12.1 Å². The molecule has 0 unspecified atom stereocenters. The van der Waals surface area contributed by atoms with Gasteiger partial charge >= 0.3 is 0 Å². The molecule has 0 aliphatic heterocycles. The fourth-order valence-corrected chi connectivity index (χ4v) is 5.26. The molecule has 0 aliphatic rings. The van der Waals surface area contributed by atoms with Crippen molar-refractivity contribution >= 4 is 147 Å². The van der Waals surface area contributed by atoms with E-state index < -0.39 is 78.0 Å². The van der Waals surface area contributed by atoms with Crippen molar-refractivity contribution in [3.63, 3.8) is 0 Å². The Labute approximate surface area is 282 Å². The number of anilines is 1. The predicted molar refractivity (Wildman–Crippen MR) is 136 cm³/mol. The summed E-state index contributed by atoms with van der Waals surface area (Å²) < 4.78 is 99.5. The molecular weight excluding hydrogens is 601 g/mol. The zero-order valence-corrected chi connectivity index (χ0v) is 28.7. The number of carbonyl (C=O) groups excluding carboxylic acids is 1. The number of aryl methyl sites for hydroxylation is 1. The van der Waals surface area contributed by atoms with Crippen LogP contribution in [0.5, 0.6) is 0 Å². The monoisotopic (exact) mass is 615 g/mol. The Balaban J connectivity index is 0.00000456. The molecule has 0 spiro atoms. The van der Waals surface area contributed by atoms with Crippen LogP contribution in [-0.2, 0) is 30.4 Å². The summed E-state index contributed by atoms with van der Waals surface area (Å²) in [5.74, 6) is -1.02. The molecule has 0 saturated carbocycles. The maximum Gasteiger partial charge on any atom is 0.295 e. The van der Waals surface area contributed by atoms with E-state index in [1.807, 2.05) is 0 Å². The van der Waals surface area contributed by atoms with Crippen LogP contribution in [0.25, 0.3) is 10.8 Å².